The van der Waals surface area contributed by atoms with E-state index < -0.39 is 11.7 Å². The topological polar surface area (TPSA) is 3.24 Å². The summed E-state index contributed by atoms with van der Waals surface area (Å²) in [6, 6.07) is 13.9. The Balaban J connectivity index is 1.67. The summed E-state index contributed by atoms with van der Waals surface area (Å²) in [5.41, 5.74) is 1.58. The van der Waals surface area contributed by atoms with Crippen LogP contribution in [0, 0.1) is 0 Å². The second-order valence-electron chi connectivity index (χ2n) is 6.65. The molecule has 1 atom stereocenters. The highest BCUT2D eigenvalue weighted by Crippen LogP contribution is 2.30. The number of likely N-dealkylation sites (tertiary alicyclic amines) is 1. The average Bonchev–Trinajstić information content (AvgIpc) is 2.58. The third-order valence-electron chi connectivity index (χ3n) is 4.80. The van der Waals surface area contributed by atoms with Gasteiger partial charge in [0.25, 0.3) is 0 Å². The van der Waals surface area contributed by atoms with Crippen LogP contribution in [0.25, 0.3) is 0 Å². The van der Waals surface area contributed by atoms with Crippen molar-refractivity contribution in [3.8, 4) is 0 Å². The summed E-state index contributed by atoms with van der Waals surface area (Å²) in [6.07, 6.45) is 0.112. The van der Waals surface area contributed by atoms with Crippen LogP contribution in [-0.4, -0.2) is 17.5 Å². The van der Waals surface area contributed by atoms with Crippen LogP contribution in [0.5, 0.6) is 0 Å². The van der Waals surface area contributed by atoms with Crippen molar-refractivity contribution in [3.05, 3.63) is 70.2 Å². The summed E-state index contributed by atoms with van der Waals surface area (Å²) in [6.45, 7) is 1.68. The standard InChI is InChI=1S/C20H21ClF3N/c21-18-10-6-15(7-11-18)13-19-3-1-2-12-25(19)14-16-4-8-17(9-5-16)20(22,23)24/h4-11,19H,1-3,12-14H2. The van der Waals surface area contributed by atoms with Gasteiger partial charge < -0.3 is 0 Å². The molecule has 1 aliphatic heterocycles. The largest absolute Gasteiger partial charge is 0.416 e. The van der Waals surface area contributed by atoms with Gasteiger partial charge in [-0.15, -0.1) is 0 Å². The summed E-state index contributed by atoms with van der Waals surface area (Å²) in [4.78, 5) is 2.39. The van der Waals surface area contributed by atoms with Crippen LogP contribution < -0.4 is 0 Å². The van der Waals surface area contributed by atoms with Crippen molar-refractivity contribution in [2.45, 2.75) is 44.4 Å². The van der Waals surface area contributed by atoms with Gasteiger partial charge in [0, 0.05) is 17.6 Å². The molecule has 1 heterocycles. The molecule has 5 heteroatoms. The van der Waals surface area contributed by atoms with E-state index >= 15 is 0 Å². The molecule has 0 amide bonds. The van der Waals surface area contributed by atoms with Gasteiger partial charge in [-0.1, -0.05) is 42.3 Å². The van der Waals surface area contributed by atoms with Crippen LogP contribution >= 0.6 is 11.6 Å². The second kappa shape index (κ2) is 7.79. The molecule has 1 saturated heterocycles. The van der Waals surface area contributed by atoms with Crippen molar-refractivity contribution in [3.63, 3.8) is 0 Å². The Labute approximate surface area is 151 Å². The highest BCUT2D eigenvalue weighted by molar-refractivity contribution is 6.30. The number of halogens is 4. The molecule has 1 aliphatic rings. The van der Waals surface area contributed by atoms with Gasteiger partial charge in [0.15, 0.2) is 0 Å². The lowest BCUT2D eigenvalue weighted by atomic mass is 9.95. The van der Waals surface area contributed by atoms with Gasteiger partial charge in [-0.25, -0.2) is 0 Å². The third-order valence-corrected chi connectivity index (χ3v) is 5.05. The third kappa shape index (κ3) is 4.99. The van der Waals surface area contributed by atoms with E-state index in [1.54, 1.807) is 12.1 Å². The Bertz CT molecular complexity index is 680. The van der Waals surface area contributed by atoms with Gasteiger partial charge in [-0.3, -0.25) is 4.90 Å². The van der Waals surface area contributed by atoms with Crippen molar-refractivity contribution in [1.82, 2.24) is 4.90 Å². The molecule has 0 radical (unpaired) electrons. The lowest BCUT2D eigenvalue weighted by molar-refractivity contribution is -0.137. The van der Waals surface area contributed by atoms with Gasteiger partial charge in [0.05, 0.1) is 5.56 Å². The Morgan fingerprint density at radius 1 is 0.920 bits per heavy atom. The first kappa shape index (κ1) is 18.3. The van der Waals surface area contributed by atoms with Crippen LogP contribution in [0.2, 0.25) is 5.02 Å². The molecule has 2 aromatic rings. The zero-order chi connectivity index (χ0) is 17.9. The van der Waals surface area contributed by atoms with E-state index in [1.807, 2.05) is 24.3 Å². The van der Waals surface area contributed by atoms with Crippen LogP contribution in [0.15, 0.2) is 48.5 Å². The van der Waals surface area contributed by atoms with E-state index in [2.05, 4.69) is 4.90 Å². The van der Waals surface area contributed by atoms with Gasteiger partial charge >= 0.3 is 6.18 Å². The molecule has 0 bridgehead atoms. The van der Waals surface area contributed by atoms with E-state index in [0.29, 0.717) is 12.6 Å². The highest BCUT2D eigenvalue weighted by atomic mass is 35.5. The fraction of sp³-hybridized carbons (Fsp3) is 0.400. The van der Waals surface area contributed by atoms with Crippen molar-refractivity contribution in [2.75, 3.05) is 6.54 Å². The first-order chi connectivity index (χ1) is 11.9. The number of rotatable bonds is 4. The fourth-order valence-corrected chi connectivity index (χ4v) is 3.55. The summed E-state index contributed by atoms with van der Waals surface area (Å²) >= 11 is 5.94. The molecule has 0 aliphatic carbocycles. The van der Waals surface area contributed by atoms with Gasteiger partial charge in [0.1, 0.15) is 0 Å². The summed E-state index contributed by atoms with van der Waals surface area (Å²) in [5, 5.41) is 0.731. The highest BCUT2D eigenvalue weighted by Gasteiger charge is 2.30. The van der Waals surface area contributed by atoms with Crippen LogP contribution in [0.3, 0.4) is 0 Å². The Hall–Kier alpha value is -1.52. The van der Waals surface area contributed by atoms with Crippen LogP contribution in [-0.2, 0) is 19.1 Å². The monoisotopic (exact) mass is 367 g/mol. The van der Waals surface area contributed by atoms with Gasteiger partial charge in [-0.05, 0) is 61.2 Å². The maximum Gasteiger partial charge on any atom is 0.416 e. The molecule has 1 nitrogen and oxygen atoms in total. The second-order valence-corrected chi connectivity index (χ2v) is 7.08. The van der Waals surface area contributed by atoms with E-state index in [9.17, 15) is 13.2 Å². The molecule has 2 aromatic carbocycles. The van der Waals surface area contributed by atoms with Crippen molar-refractivity contribution in [2.24, 2.45) is 0 Å². The zero-order valence-corrected chi connectivity index (χ0v) is 14.7. The number of benzene rings is 2. The van der Waals surface area contributed by atoms with Crippen LogP contribution in [0.4, 0.5) is 13.2 Å². The van der Waals surface area contributed by atoms with Gasteiger partial charge in [-0.2, -0.15) is 13.2 Å². The Kier molecular flexibility index (Phi) is 5.70. The number of hydrogen-bond donors (Lipinski definition) is 0. The normalized spacial score (nSPS) is 19.1. The van der Waals surface area contributed by atoms with Crippen molar-refractivity contribution in [1.29, 1.82) is 0 Å². The molecule has 0 aromatic heterocycles. The maximum atomic E-state index is 12.7. The van der Waals surface area contributed by atoms with Gasteiger partial charge in [0.2, 0.25) is 0 Å². The molecule has 0 spiro atoms. The van der Waals surface area contributed by atoms with E-state index in [4.69, 9.17) is 11.6 Å². The Morgan fingerprint density at radius 3 is 2.20 bits per heavy atom. The first-order valence-corrected chi connectivity index (χ1v) is 8.94. The fourth-order valence-electron chi connectivity index (χ4n) is 3.43. The number of nitrogens with zero attached hydrogens (tertiary/aromatic N) is 1. The number of alkyl halides is 3. The van der Waals surface area contributed by atoms with E-state index in [1.165, 1.54) is 24.1 Å². The molecular weight excluding hydrogens is 347 g/mol. The lowest BCUT2D eigenvalue weighted by Gasteiger charge is -2.36. The molecule has 0 N–H and O–H groups in total. The quantitative estimate of drug-likeness (QED) is 0.644. The SMILES string of the molecule is FC(F)(F)c1ccc(CN2CCCCC2Cc2ccc(Cl)cc2)cc1. The summed E-state index contributed by atoms with van der Waals surface area (Å²) in [7, 11) is 0. The minimum absolute atomic E-state index is 0.414. The smallest absolute Gasteiger partial charge is 0.296 e. The molecule has 1 fully saturated rings. The molecule has 0 saturated carbocycles. The minimum atomic E-state index is -4.28. The molecule has 134 valence electrons. The van der Waals surface area contributed by atoms with Crippen molar-refractivity contribution < 1.29 is 13.2 Å². The number of piperidine rings is 1. The lowest BCUT2D eigenvalue weighted by Crippen LogP contribution is -2.40. The maximum absolute atomic E-state index is 12.7. The number of hydrogen-bond acceptors (Lipinski definition) is 1. The van der Waals surface area contributed by atoms with Crippen LogP contribution in [0.1, 0.15) is 36.0 Å². The van der Waals surface area contributed by atoms with Crippen molar-refractivity contribution >= 4 is 11.6 Å². The summed E-state index contributed by atoms with van der Waals surface area (Å²) < 4.78 is 38.1. The average molecular weight is 368 g/mol. The summed E-state index contributed by atoms with van der Waals surface area (Å²) in [5.74, 6) is 0. The predicted molar refractivity (Wildman–Crippen MR) is 94.6 cm³/mol. The van der Waals surface area contributed by atoms with E-state index in [0.717, 1.165) is 36.4 Å². The van der Waals surface area contributed by atoms with E-state index in [-0.39, 0.29) is 0 Å². The Morgan fingerprint density at radius 2 is 1.56 bits per heavy atom. The molecule has 25 heavy (non-hydrogen) atoms. The first-order valence-electron chi connectivity index (χ1n) is 8.56. The molecule has 1 unspecified atom stereocenters. The minimum Gasteiger partial charge on any atom is -0.296 e. The predicted octanol–water partition coefficient (Wildman–Crippen LogP) is 5.96. The molecule has 3 rings (SSSR count). The molecular formula is C20H21ClF3N. The zero-order valence-electron chi connectivity index (χ0n) is 13.9.